The first-order valence-corrected chi connectivity index (χ1v) is 9.59. The van der Waals surface area contributed by atoms with E-state index < -0.39 is 17.7 Å². The molecule has 0 radical (unpaired) electrons. The summed E-state index contributed by atoms with van der Waals surface area (Å²) in [5.41, 5.74) is 2.63. The molecule has 1 N–H and O–H groups in total. The van der Waals surface area contributed by atoms with E-state index in [-0.39, 0.29) is 11.7 Å². The molecule has 4 rings (SSSR count). The number of aromatic nitrogens is 3. The monoisotopic (exact) mass is 399 g/mol. The van der Waals surface area contributed by atoms with Gasteiger partial charge in [0.05, 0.1) is 35.2 Å². The van der Waals surface area contributed by atoms with E-state index in [0.29, 0.717) is 11.5 Å². The highest BCUT2D eigenvalue weighted by molar-refractivity contribution is 5.92. The molecule has 0 spiro atoms. The van der Waals surface area contributed by atoms with Crippen molar-refractivity contribution < 1.29 is 13.5 Å². The predicted molar refractivity (Wildman–Crippen MR) is 108 cm³/mol. The van der Waals surface area contributed by atoms with E-state index in [2.05, 4.69) is 25.4 Å². The van der Waals surface area contributed by atoms with E-state index in [1.165, 1.54) is 6.07 Å². The van der Waals surface area contributed by atoms with E-state index in [1.807, 2.05) is 19.2 Å². The quantitative estimate of drug-likeness (QED) is 0.700. The van der Waals surface area contributed by atoms with Gasteiger partial charge in [0.2, 0.25) is 0 Å². The number of pyridine rings is 1. The van der Waals surface area contributed by atoms with Gasteiger partial charge in [-0.1, -0.05) is 12.1 Å². The molecule has 2 atom stereocenters. The molecule has 1 aromatic carbocycles. The van der Waals surface area contributed by atoms with Crippen LogP contribution >= 0.6 is 0 Å². The fraction of sp³-hybridized carbons (Fsp3) is 0.381. The van der Waals surface area contributed by atoms with Crippen molar-refractivity contribution in [3.8, 4) is 0 Å². The molecule has 0 bridgehead atoms. The third kappa shape index (κ3) is 3.72. The zero-order valence-corrected chi connectivity index (χ0v) is 16.6. The number of methoxy groups -OCH3 is 1. The van der Waals surface area contributed by atoms with Gasteiger partial charge in [-0.15, -0.1) is 5.10 Å². The van der Waals surface area contributed by atoms with Crippen LogP contribution in [0.4, 0.5) is 20.3 Å². The lowest BCUT2D eigenvalue weighted by Gasteiger charge is -2.20. The zero-order chi connectivity index (χ0) is 20.5. The Bertz CT molecular complexity index is 1050. The second-order valence-corrected chi connectivity index (χ2v) is 7.33. The van der Waals surface area contributed by atoms with Crippen molar-refractivity contribution in [2.75, 3.05) is 30.4 Å². The van der Waals surface area contributed by atoms with Gasteiger partial charge in [0.25, 0.3) is 0 Å². The Kier molecular flexibility index (Phi) is 5.27. The molecule has 6 nitrogen and oxygen atoms in total. The minimum absolute atomic E-state index is 0.205. The Morgan fingerprint density at radius 2 is 2.10 bits per heavy atom. The minimum Gasteiger partial charge on any atom is -0.380 e. The van der Waals surface area contributed by atoms with Crippen LogP contribution in [0.2, 0.25) is 0 Å². The van der Waals surface area contributed by atoms with Crippen LogP contribution in [-0.2, 0) is 4.74 Å². The van der Waals surface area contributed by atoms with Crippen LogP contribution < -0.4 is 10.2 Å². The predicted octanol–water partition coefficient (Wildman–Crippen LogP) is 4.01. The van der Waals surface area contributed by atoms with Gasteiger partial charge in [0.1, 0.15) is 0 Å². The number of nitrogens with zero attached hydrogens (tertiary/aromatic N) is 4. The average molecular weight is 399 g/mol. The number of halogens is 2. The number of rotatable bonds is 5. The van der Waals surface area contributed by atoms with Crippen molar-refractivity contribution in [2.24, 2.45) is 0 Å². The Morgan fingerprint density at radius 1 is 1.28 bits per heavy atom. The highest BCUT2D eigenvalue weighted by Gasteiger charge is 2.23. The average Bonchev–Trinajstić information content (AvgIpc) is 3.21. The van der Waals surface area contributed by atoms with Crippen LogP contribution in [0.3, 0.4) is 0 Å². The number of nitrogens with one attached hydrogen (secondary N) is 1. The molecule has 0 amide bonds. The first-order chi connectivity index (χ1) is 14.0. The summed E-state index contributed by atoms with van der Waals surface area (Å²) in [6, 6.07) is 5.66. The highest BCUT2D eigenvalue weighted by Crippen LogP contribution is 2.30. The normalized spacial score (nSPS) is 17.7. The van der Waals surface area contributed by atoms with Crippen LogP contribution in [-0.4, -0.2) is 41.5 Å². The number of ether oxygens (including phenoxy) is 1. The largest absolute Gasteiger partial charge is 0.380 e. The smallest absolute Gasteiger partial charge is 0.164 e. The van der Waals surface area contributed by atoms with E-state index in [0.717, 1.165) is 42.2 Å². The Hall–Kier alpha value is -2.87. The molecule has 1 aliphatic rings. The van der Waals surface area contributed by atoms with Crippen LogP contribution in [0.25, 0.3) is 10.9 Å². The molecule has 0 aliphatic carbocycles. The summed E-state index contributed by atoms with van der Waals surface area (Å²) in [5, 5.41) is 12.4. The number of anilines is 2. The van der Waals surface area contributed by atoms with Gasteiger partial charge in [-0.25, -0.2) is 8.78 Å². The first kappa shape index (κ1) is 19.4. The van der Waals surface area contributed by atoms with Gasteiger partial charge in [0.15, 0.2) is 17.5 Å². The third-order valence-electron chi connectivity index (χ3n) is 5.42. The molecule has 0 unspecified atom stereocenters. The summed E-state index contributed by atoms with van der Waals surface area (Å²) in [4.78, 5) is 6.81. The second kappa shape index (κ2) is 7.87. The maximum Gasteiger partial charge on any atom is 0.164 e. The van der Waals surface area contributed by atoms with Crippen LogP contribution in [0.5, 0.6) is 0 Å². The topological polar surface area (TPSA) is 63.2 Å². The molecule has 3 aromatic rings. The molecule has 1 fully saturated rings. The zero-order valence-electron chi connectivity index (χ0n) is 16.6. The van der Waals surface area contributed by atoms with E-state index in [1.54, 1.807) is 20.1 Å². The molecule has 8 heteroatoms. The summed E-state index contributed by atoms with van der Waals surface area (Å²) >= 11 is 0. The molecule has 1 aliphatic heterocycles. The number of hydrogen-bond acceptors (Lipinski definition) is 6. The number of fused-ring (bicyclic) bond motifs is 1. The second-order valence-electron chi connectivity index (χ2n) is 7.33. The molecular weight excluding hydrogens is 376 g/mol. The Morgan fingerprint density at radius 3 is 2.86 bits per heavy atom. The van der Waals surface area contributed by atoms with Crippen molar-refractivity contribution in [1.29, 1.82) is 0 Å². The summed E-state index contributed by atoms with van der Waals surface area (Å²) in [6.45, 7) is 5.29. The van der Waals surface area contributed by atoms with Gasteiger partial charge in [-0.05, 0) is 32.4 Å². The van der Waals surface area contributed by atoms with Gasteiger partial charge < -0.3 is 15.0 Å². The van der Waals surface area contributed by atoms with Crippen molar-refractivity contribution in [3.05, 3.63) is 53.4 Å². The van der Waals surface area contributed by atoms with Crippen LogP contribution in [0.1, 0.15) is 30.6 Å². The van der Waals surface area contributed by atoms with Crippen molar-refractivity contribution in [3.63, 3.8) is 0 Å². The van der Waals surface area contributed by atoms with Gasteiger partial charge in [-0.3, -0.25) is 4.98 Å². The maximum absolute atomic E-state index is 14.2. The number of hydrogen-bond donors (Lipinski definition) is 1. The van der Waals surface area contributed by atoms with Gasteiger partial charge >= 0.3 is 0 Å². The Balaban J connectivity index is 1.69. The summed E-state index contributed by atoms with van der Waals surface area (Å²) < 4.78 is 33.3. The van der Waals surface area contributed by atoms with E-state index in [4.69, 9.17) is 4.74 Å². The van der Waals surface area contributed by atoms with Gasteiger partial charge in [-0.2, -0.15) is 5.10 Å². The maximum atomic E-state index is 14.2. The van der Waals surface area contributed by atoms with E-state index >= 15 is 0 Å². The Labute approximate surface area is 167 Å². The molecule has 2 aromatic heterocycles. The molecule has 1 saturated heterocycles. The highest BCUT2D eigenvalue weighted by atomic mass is 19.2. The third-order valence-corrected chi connectivity index (χ3v) is 5.42. The first-order valence-electron chi connectivity index (χ1n) is 9.59. The fourth-order valence-corrected chi connectivity index (χ4v) is 3.72. The standard InChI is InChI=1S/C21H23F2N5O/c1-12(16-5-4-6-18(22)19(16)23)25-21-17-9-14(28-8-7-15(11-28)29-3)10-24-20(17)13(2)26-27-21/h4-6,9-10,12,15H,7-8,11H2,1-3H3,(H,25,27)/t12-,15+/m1/s1. The summed E-state index contributed by atoms with van der Waals surface area (Å²) in [7, 11) is 1.72. The molecule has 0 saturated carbocycles. The fourth-order valence-electron chi connectivity index (χ4n) is 3.72. The number of aryl methyl sites for hydroxylation is 1. The number of benzene rings is 1. The SMILES string of the molecule is CO[C@H]1CCN(c2cnc3c(C)nnc(N[C@H](C)c4cccc(F)c4F)c3c2)C1. The van der Waals surface area contributed by atoms with Crippen molar-refractivity contribution in [2.45, 2.75) is 32.4 Å². The molecule has 29 heavy (non-hydrogen) atoms. The van der Waals surface area contributed by atoms with E-state index in [9.17, 15) is 8.78 Å². The van der Waals surface area contributed by atoms with Crippen molar-refractivity contribution in [1.82, 2.24) is 15.2 Å². The summed E-state index contributed by atoms with van der Waals surface area (Å²) in [5.74, 6) is -1.25. The minimum atomic E-state index is -0.873. The lowest BCUT2D eigenvalue weighted by molar-refractivity contribution is 0.121. The molecule has 3 heterocycles. The van der Waals surface area contributed by atoms with Crippen molar-refractivity contribution >= 4 is 22.4 Å². The van der Waals surface area contributed by atoms with Crippen LogP contribution in [0, 0.1) is 18.6 Å². The lowest BCUT2D eigenvalue weighted by atomic mass is 10.1. The summed E-state index contributed by atoms with van der Waals surface area (Å²) in [6.07, 6.45) is 2.99. The molecular formula is C21H23F2N5O. The van der Waals surface area contributed by atoms with Gasteiger partial charge in [0, 0.05) is 31.1 Å². The lowest BCUT2D eigenvalue weighted by Crippen LogP contribution is -2.22. The van der Waals surface area contributed by atoms with Crippen LogP contribution in [0.15, 0.2) is 30.5 Å². The molecule has 152 valence electrons.